The van der Waals surface area contributed by atoms with E-state index in [4.69, 9.17) is 11.6 Å². The van der Waals surface area contributed by atoms with Crippen LogP contribution in [0.1, 0.15) is 16.7 Å². The van der Waals surface area contributed by atoms with Crippen LogP contribution in [0.4, 0.5) is 11.4 Å². The van der Waals surface area contributed by atoms with E-state index in [1.165, 1.54) is 10.2 Å². The van der Waals surface area contributed by atoms with Crippen LogP contribution in [0.15, 0.2) is 23.1 Å². The van der Waals surface area contributed by atoms with E-state index in [2.05, 4.69) is 34.4 Å². The minimum atomic E-state index is -0.301. The summed E-state index contributed by atoms with van der Waals surface area (Å²) in [5, 5.41) is 7.29. The second kappa shape index (κ2) is 8.32. The van der Waals surface area contributed by atoms with Gasteiger partial charge in [0.25, 0.3) is 5.56 Å². The predicted octanol–water partition coefficient (Wildman–Crippen LogP) is 2.12. The number of aromatic nitrogens is 2. The van der Waals surface area contributed by atoms with Crippen molar-refractivity contribution in [3.8, 4) is 0 Å². The molecular formula is C20H26ClN5O2. The molecule has 3 rings (SSSR count). The highest BCUT2D eigenvalue weighted by Crippen LogP contribution is 2.23. The fraction of sp³-hybridized carbons (Fsp3) is 0.450. The molecule has 8 heteroatoms. The molecule has 1 aliphatic heterocycles. The van der Waals surface area contributed by atoms with Gasteiger partial charge in [-0.15, -0.1) is 0 Å². The molecule has 0 bridgehead atoms. The highest BCUT2D eigenvalue weighted by Gasteiger charge is 2.22. The van der Waals surface area contributed by atoms with Crippen molar-refractivity contribution < 1.29 is 4.79 Å². The molecule has 0 atom stereocenters. The van der Waals surface area contributed by atoms with Crippen molar-refractivity contribution in [3.63, 3.8) is 0 Å². The quantitative estimate of drug-likeness (QED) is 0.846. The minimum Gasteiger partial charge on any atom is -0.366 e. The number of hydrogen-bond acceptors (Lipinski definition) is 5. The van der Waals surface area contributed by atoms with Gasteiger partial charge in [0.2, 0.25) is 5.91 Å². The van der Waals surface area contributed by atoms with Crippen molar-refractivity contribution in [2.45, 2.75) is 20.8 Å². The van der Waals surface area contributed by atoms with Gasteiger partial charge in [0.15, 0.2) is 0 Å². The first kappa shape index (κ1) is 20.4. The molecule has 2 heterocycles. The second-order valence-electron chi connectivity index (χ2n) is 7.36. The lowest BCUT2D eigenvalue weighted by Gasteiger charge is -2.35. The van der Waals surface area contributed by atoms with Crippen LogP contribution in [0.2, 0.25) is 5.02 Å². The molecule has 0 radical (unpaired) electrons. The van der Waals surface area contributed by atoms with E-state index >= 15 is 0 Å². The fourth-order valence-corrected chi connectivity index (χ4v) is 3.92. The third-order valence-corrected chi connectivity index (χ3v) is 5.44. The molecule has 1 saturated heterocycles. The number of carbonyl (C=O) groups excluding carboxylic acids is 1. The summed E-state index contributed by atoms with van der Waals surface area (Å²) in [6.07, 6.45) is 1.62. The van der Waals surface area contributed by atoms with Gasteiger partial charge in [-0.3, -0.25) is 14.5 Å². The Labute approximate surface area is 169 Å². The molecule has 0 unspecified atom stereocenters. The number of halogens is 1. The van der Waals surface area contributed by atoms with Crippen LogP contribution in [0.25, 0.3) is 0 Å². The molecule has 1 aromatic carbocycles. The van der Waals surface area contributed by atoms with Crippen molar-refractivity contribution in [1.82, 2.24) is 14.7 Å². The van der Waals surface area contributed by atoms with Gasteiger partial charge in [0.05, 0.1) is 18.4 Å². The van der Waals surface area contributed by atoms with Gasteiger partial charge in [-0.2, -0.15) is 5.10 Å². The van der Waals surface area contributed by atoms with Crippen molar-refractivity contribution in [2.75, 3.05) is 42.9 Å². The number of carbonyl (C=O) groups is 1. The van der Waals surface area contributed by atoms with Crippen LogP contribution in [0, 0.1) is 20.8 Å². The molecule has 1 aromatic heterocycles. The molecule has 1 aliphatic rings. The number of anilines is 2. The van der Waals surface area contributed by atoms with E-state index in [1.54, 1.807) is 13.2 Å². The number of hydrogen-bond donors (Lipinski definition) is 1. The SMILES string of the molecule is Cc1cc(C)c(NC(=O)CN2CCN(c3cnn(C)c(=O)c3Cl)CC2)c(C)c1. The largest absolute Gasteiger partial charge is 0.366 e. The topological polar surface area (TPSA) is 70.5 Å². The van der Waals surface area contributed by atoms with E-state index in [-0.39, 0.29) is 16.5 Å². The Balaban J connectivity index is 1.58. The van der Waals surface area contributed by atoms with Crippen LogP contribution in [-0.4, -0.2) is 53.3 Å². The summed E-state index contributed by atoms with van der Waals surface area (Å²) >= 11 is 6.19. The van der Waals surface area contributed by atoms with Crippen molar-refractivity contribution in [3.05, 3.63) is 50.4 Å². The highest BCUT2D eigenvalue weighted by molar-refractivity contribution is 6.33. The van der Waals surface area contributed by atoms with E-state index < -0.39 is 0 Å². The minimum absolute atomic E-state index is 0.0169. The van der Waals surface area contributed by atoms with Crippen LogP contribution < -0.4 is 15.8 Å². The third kappa shape index (κ3) is 4.36. The number of nitrogens with one attached hydrogen (secondary N) is 1. The van der Waals surface area contributed by atoms with Crippen LogP contribution in [0.3, 0.4) is 0 Å². The summed E-state index contributed by atoms with van der Waals surface area (Å²) in [7, 11) is 1.58. The maximum Gasteiger partial charge on any atom is 0.287 e. The van der Waals surface area contributed by atoms with Crippen molar-refractivity contribution in [1.29, 1.82) is 0 Å². The molecule has 0 spiro atoms. The maximum absolute atomic E-state index is 12.5. The monoisotopic (exact) mass is 403 g/mol. The molecule has 1 amide bonds. The highest BCUT2D eigenvalue weighted by atomic mass is 35.5. The third-order valence-electron chi connectivity index (χ3n) is 5.08. The summed E-state index contributed by atoms with van der Waals surface area (Å²) in [5.74, 6) is -0.0169. The number of nitrogens with zero attached hydrogens (tertiary/aromatic N) is 4. The zero-order valence-electron chi connectivity index (χ0n) is 16.8. The number of aryl methyl sites for hydroxylation is 4. The lowest BCUT2D eigenvalue weighted by atomic mass is 10.1. The molecule has 0 saturated carbocycles. The summed E-state index contributed by atoms with van der Waals surface area (Å²) in [6, 6.07) is 4.15. The number of rotatable bonds is 4. The lowest BCUT2D eigenvalue weighted by Crippen LogP contribution is -2.49. The average molecular weight is 404 g/mol. The molecule has 28 heavy (non-hydrogen) atoms. The summed E-state index contributed by atoms with van der Waals surface area (Å²) in [6.45, 7) is 9.20. The normalized spacial score (nSPS) is 15.0. The molecule has 1 N–H and O–H groups in total. The van der Waals surface area contributed by atoms with Crippen LogP contribution in [0.5, 0.6) is 0 Å². The zero-order valence-corrected chi connectivity index (χ0v) is 17.5. The number of amides is 1. The van der Waals surface area contributed by atoms with E-state index in [0.29, 0.717) is 38.4 Å². The van der Waals surface area contributed by atoms with Crippen molar-refractivity contribution in [2.24, 2.45) is 7.05 Å². The summed E-state index contributed by atoms with van der Waals surface area (Å²) < 4.78 is 1.22. The maximum atomic E-state index is 12.5. The van der Waals surface area contributed by atoms with Gasteiger partial charge in [-0.05, 0) is 31.9 Å². The zero-order chi connectivity index (χ0) is 20.4. The van der Waals surface area contributed by atoms with E-state index in [0.717, 1.165) is 16.8 Å². The molecular weight excluding hydrogens is 378 g/mol. The Hall–Kier alpha value is -2.38. The summed E-state index contributed by atoms with van der Waals surface area (Å²) in [5.41, 5.74) is 4.58. The Morgan fingerprint density at radius 2 is 1.75 bits per heavy atom. The predicted molar refractivity (Wildman–Crippen MR) is 112 cm³/mol. The first-order valence-corrected chi connectivity index (χ1v) is 9.71. The van der Waals surface area contributed by atoms with Crippen molar-refractivity contribution >= 4 is 28.9 Å². The molecule has 1 fully saturated rings. The standard InChI is InChI=1S/C20H26ClN5O2/c1-13-9-14(2)19(15(3)10-13)23-17(27)12-25-5-7-26(8-6-25)16-11-22-24(4)20(28)18(16)21/h9-11H,5-8,12H2,1-4H3,(H,23,27). The molecule has 0 aliphatic carbocycles. The average Bonchev–Trinajstić information content (AvgIpc) is 2.64. The smallest absolute Gasteiger partial charge is 0.287 e. The molecule has 7 nitrogen and oxygen atoms in total. The van der Waals surface area contributed by atoms with E-state index in [1.807, 2.05) is 18.7 Å². The Morgan fingerprint density at radius 1 is 1.14 bits per heavy atom. The molecule has 2 aromatic rings. The lowest BCUT2D eigenvalue weighted by molar-refractivity contribution is -0.117. The fourth-order valence-electron chi connectivity index (χ4n) is 3.63. The van der Waals surface area contributed by atoms with Crippen LogP contribution >= 0.6 is 11.6 Å². The second-order valence-corrected chi connectivity index (χ2v) is 7.74. The van der Waals surface area contributed by atoms with Gasteiger partial charge in [-0.25, -0.2) is 4.68 Å². The Morgan fingerprint density at radius 3 is 2.36 bits per heavy atom. The van der Waals surface area contributed by atoms with E-state index in [9.17, 15) is 9.59 Å². The van der Waals surface area contributed by atoms with Gasteiger partial charge in [-0.1, -0.05) is 29.3 Å². The first-order chi connectivity index (χ1) is 13.3. The Kier molecular flexibility index (Phi) is 6.05. The number of benzene rings is 1. The van der Waals surface area contributed by atoms with Gasteiger partial charge >= 0.3 is 0 Å². The summed E-state index contributed by atoms with van der Waals surface area (Å²) in [4.78, 5) is 28.6. The first-order valence-electron chi connectivity index (χ1n) is 9.33. The van der Waals surface area contributed by atoms with Gasteiger partial charge in [0, 0.05) is 38.9 Å². The van der Waals surface area contributed by atoms with Crippen LogP contribution in [-0.2, 0) is 11.8 Å². The van der Waals surface area contributed by atoms with Gasteiger partial charge < -0.3 is 10.2 Å². The Bertz CT molecular complexity index is 925. The van der Waals surface area contributed by atoms with Gasteiger partial charge in [0.1, 0.15) is 5.02 Å². The number of piperazine rings is 1. The molecule has 150 valence electrons.